The Balaban J connectivity index is 2.04. The van der Waals surface area contributed by atoms with Crippen molar-refractivity contribution < 1.29 is 0 Å². The molecule has 1 aliphatic carbocycles. The molecule has 1 heterocycles. The van der Waals surface area contributed by atoms with Gasteiger partial charge < -0.3 is 10.3 Å². The Hall–Kier alpha value is -0.520. The zero-order valence-corrected chi connectivity index (χ0v) is 13.4. The summed E-state index contributed by atoms with van der Waals surface area (Å²) < 4.78 is 3.44. The normalized spacial score (nSPS) is 17.0. The van der Waals surface area contributed by atoms with Crippen LogP contribution in [0.1, 0.15) is 37.2 Å². The van der Waals surface area contributed by atoms with Crippen LogP contribution in [0, 0.1) is 0 Å². The van der Waals surface area contributed by atoms with Crippen molar-refractivity contribution in [2.24, 2.45) is 5.73 Å². The molecule has 5 heteroatoms. The second-order valence-electron chi connectivity index (χ2n) is 5.09. The molecule has 2 aromatic rings. The van der Waals surface area contributed by atoms with Crippen molar-refractivity contribution in [1.82, 2.24) is 9.55 Å². The first-order valence-electron chi connectivity index (χ1n) is 6.62. The standard InChI is InChI=1S/C14H18BrN3S/c1-19-7-6-11(16)14-17-12-8-9(15)2-5-13(12)18(14)10-3-4-10/h2,5,8,10-11H,3-4,6-7,16H2,1H3. The maximum Gasteiger partial charge on any atom is 0.127 e. The molecule has 0 amide bonds. The smallest absolute Gasteiger partial charge is 0.127 e. The van der Waals surface area contributed by atoms with Gasteiger partial charge in [0.25, 0.3) is 0 Å². The summed E-state index contributed by atoms with van der Waals surface area (Å²) in [6.45, 7) is 0. The Morgan fingerprint density at radius 3 is 3.00 bits per heavy atom. The molecular formula is C14H18BrN3S. The van der Waals surface area contributed by atoms with Crippen LogP contribution in [0.5, 0.6) is 0 Å². The Morgan fingerprint density at radius 2 is 2.32 bits per heavy atom. The number of rotatable bonds is 5. The molecular weight excluding hydrogens is 322 g/mol. The van der Waals surface area contributed by atoms with Gasteiger partial charge in [0.05, 0.1) is 17.1 Å². The molecule has 1 aliphatic rings. The topological polar surface area (TPSA) is 43.8 Å². The van der Waals surface area contributed by atoms with Gasteiger partial charge in [-0.05, 0) is 49.5 Å². The Labute approximate surface area is 126 Å². The number of benzene rings is 1. The molecule has 0 aliphatic heterocycles. The van der Waals surface area contributed by atoms with Gasteiger partial charge in [0.1, 0.15) is 5.82 Å². The molecule has 1 aromatic heterocycles. The van der Waals surface area contributed by atoms with Gasteiger partial charge in [0, 0.05) is 10.5 Å². The third-order valence-electron chi connectivity index (χ3n) is 3.56. The van der Waals surface area contributed by atoms with Crippen LogP contribution in [-0.2, 0) is 0 Å². The third-order valence-corrected chi connectivity index (χ3v) is 4.69. The van der Waals surface area contributed by atoms with E-state index in [1.54, 1.807) is 0 Å². The van der Waals surface area contributed by atoms with E-state index in [0.29, 0.717) is 6.04 Å². The molecule has 0 bridgehead atoms. The van der Waals surface area contributed by atoms with Crippen molar-refractivity contribution in [3.63, 3.8) is 0 Å². The minimum atomic E-state index is 0.0409. The monoisotopic (exact) mass is 339 g/mol. The summed E-state index contributed by atoms with van der Waals surface area (Å²) in [5.41, 5.74) is 8.62. The molecule has 0 saturated heterocycles. The van der Waals surface area contributed by atoms with E-state index in [4.69, 9.17) is 10.7 Å². The minimum Gasteiger partial charge on any atom is -0.324 e. The highest BCUT2D eigenvalue weighted by Gasteiger charge is 2.29. The Kier molecular flexibility index (Phi) is 3.87. The van der Waals surface area contributed by atoms with Crippen molar-refractivity contribution in [2.75, 3.05) is 12.0 Å². The Bertz CT molecular complexity index is 592. The second kappa shape index (κ2) is 5.46. The van der Waals surface area contributed by atoms with Gasteiger partial charge >= 0.3 is 0 Å². The van der Waals surface area contributed by atoms with Crippen LogP contribution in [0.4, 0.5) is 0 Å². The fourth-order valence-corrected chi connectivity index (χ4v) is 3.28. The summed E-state index contributed by atoms with van der Waals surface area (Å²) >= 11 is 5.35. The van der Waals surface area contributed by atoms with Crippen molar-refractivity contribution >= 4 is 38.7 Å². The molecule has 1 atom stereocenters. The lowest BCUT2D eigenvalue weighted by Crippen LogP contribution is -2.17. The predicted octanol–water partition coefficient (Wildman–Crippen LogP) is 3.89. The number of nitrogens with zero attached hydrogens (tertiary/aromatic N) is 2. The van der Waals surface area contributed by atoms with Crippen LogP contribution in [0.3, 0.4) is 0 Å². The maximum absolute atomic E-state index is 6.34. The average molecular weight is 340 g/mol. The van der Waals surface area contributed by atoms with E-state index in [9.17, 15) is 0 Å². The van der Waals surface area contributed by atoms with Gasteiger partial charge in [-0.15, -0.1) is 0 Å². The number of nitrogens with two attached hydrogens (primary N) is 1. The van der Waals surface area contributed by atoms with E-state index in [0.717, 1.165) is 28.0 Å². The summed E-state index contributed by atoms with van der Waals surface area (Å²) in [5.74, 6) is 2.14. The summed E-state index contributed by atoms with van der Waals surface area (Å²) in [6.07, 6.45) is 5.61. The zero-order chi connectivity index (χ0) is 13.4. The SMILES string of the molecule is CSCCC(N)c1nc2cc(Br)ccc2n1C1CC1. The highest BCUT2D eigenvalue weighted by Crippen LogP contribution is 2.40. The summed E-state index contributed by atoms with van der Waals surface area (Å²) in [6, 6.07) is 6.97. The van der Waals surface area contributed by atoms with Crippen LogP contribution < -0.4 is 5.73 Å². The van der Waals surface area contributed by atoms with Gasteiger partial charge in [0.2, 0.25) is 0 Å². The Morgan fingerprint density at radius 1 is 1.53 bits per heavy atom. The molecule has 3 nitrogen and oxygen atoms in total. The van der Waals surface area contributed by atoms with Gasteiger partial charge in [-0.1, -0.05) is 15.9 Å². The van der Waals surface area contributed by atoms with E-state index >= 15 is 0 Å². The molecule has 1 saturated carbocycles. The van der Waals surface area contributed by atoms with Crippen LogP contribution in [0.25, 0.3) is 11.0 Å². The quantitative estimate of drug-likeness (QED) is 0.898. The molecule has 1 unspecified atom stereocenters. The van der Waals surface area contributed by atoms with Gasteiger partial charge in [-0.3, -0.25) is 0 Å². The van der Waals surface area contributed by atoms with Crippen LogP contribution in [0.15, 0.2) is 22.7 Å². The minimum absolute atomic E-state index is 0.0409. The first kappa shape index (κ1) is 13.5. The molecule has 102 valence electrons. The number of imidazole rings is 1. The summed E-state index contributed by atoms with van der Waals surface area (Å²) in [7, 11) is 0. The lowest BCUT2D eigenvalue weighted by atomic mass is 10.2. The highest BCUT2D eigenvalue weighted by molar-refractivity contribution is 9.10. The molecule has 2 N–H and O–H groups in total. The van der Waals surface area contributed by atoms with E-state index < -0.39 is 0 Å². The molecule has 1 fully saturated rings. The number of thioether (sulfide) groups is 1. The van der Waals surface area contributed by atoms with Crippen molar-refractivity contribution in [3.8, 4) is 0 Å². The molecule has 3 rings (SSSR count). The van der Waals surface area contributed by atoms with E-state index in [2.05, 4.69) is 45.0 Å². The summed E-state index contributed by atoms with van der Waals surface area (Å²) in [4.78, 5) is 4.79. The number of aromatic nitrogens is 2. The fraction of sp³-hybridized carbons (Fsp3) is 0.500. The number of hydrogen-bond donors (Lipinski definition) is 1. The average Bonchev–Trinajstić information content (AvgIpc) is 3.16. The third kappa shape index (κ3) is 2.69. The van der Waals surface area contributed by atoms with E-state index in [-0.39, 0.29) is 6.04 Å². The zero-order valence-electron chi connectivity index (χ0n) is 11.0. The summed E-state index contributed by atoms with van der Waals surface area (Å²) in [5, 5.41) is 0. The fourth-order valence-electron chi connectivity index (χ4n) is 2.44. The highest BCUT2D eigenvalue weighted by atomic mass is 79.9. The predicted molar refractivity (Wildman–Crippen MR) is 85.6 cm³/mol. The maximum atomic E-state index is 6.34. The van der Waals surface area contributed by atoms with Crippen LogP contribution in [0.2, 0.25) is 0 Å². The second-order valence-corrected chi connectivity index (χ2v) is 6.99. The lowest BCUT2D eigenvalue weighted by molar-refractivity contribution is 0.594. The van der Waals surface area contributed by atoms with Crippen LogP contribution >= 0.6 is 27.7 Å². The number of hydrogen-bond acceptors (Lipinski definition) is 3. The van der Waals surface area contributed by atoms with Crippen molar-refractivity contribution in [3.05, 3.63) is 28.5 Å². The molecule has 0 spiro atoms. The van der Waals surface area contributed by atoms with Gasteiger partial charge in [-0.25, -0.2) is 4.98 Å². The molecule has 19 heavy (non-hydrogen) atoms. The number of fused-ring (bicyclic) bond motifs is 1. The van der Waals surface area contributed by atoms with E-state index in [1.165, 1.54) is 18.4 Å². The number of halogens is 1. The first-order valence-corrected chi connectivity index (χ1v) is 8.81. The molecule has 1 aromatic carbocycles. The van der Waals surface area contributed by atoms with Crippen molar-refractivity contribution in [2.45, 2.75) is 31.3 Å². The largest absolute Gasteiger partial charge is 0.324 e. The van der Waals surface area contributed by atoms with E-state index in [1.807, 2.05) is 11.8 Å². The van der Waals surface area contributed by atoms with Gasteiger partial charge in [-0.2, -0.15) is 11.8 Å². The first-order chi connectivity index (χ1) is 9.20. The van der Waals surface area contributed by atoms with Crippen molar-refractivity contribution in [1.29, 1.82) is 0 Å². The lowest BCUT2D eigenvalue weighted by Gasteiger charge is -2.13. The molecule has 0 radical (unpaired) electrons. The van der Waals surface area contributed by atoms with Gasteiger partial charge in [0.15, 0.2) is 0 Å². The van der Waals surface area contributed by atoms with Crippen LogP contribution in [-0.4, -0.2) is 21.6 Å².